The molecule has 0 aromatic heterocycles. The molecule has 0 saturated carbocycles. The zero-order valence-electron chi connectivity index (χ0n) is 22.2. The monoisotopic (exact) mass is 615 g/mol. The van der Waals surface area contributed by atoms with E-state index in [1.165, 1.54) is 28.6 Å². The number of hydrogen-bond acceptors (Lipinski definition) is 6. The van der Waals surface area contributed by atoms with Crippen molar-refractivity contribution in [2.75, 3.05) is 39.4 Å². The summed E-state index contributed by atoms with van der Waals surface area (Å²) in [6.45, 7) is 4.87. The van der Waals surface area contributed by atoms with Crippen LogP contribution in [0, 0.1) is 0 Å². The molecule has 41 heavy (non-hydrogen) atoms. The number of rotatable bonds is 10. The van der Waals surface area contributed by atoms with E-state index >= 15 is 0 Å². The zero-order valence-corrected chi connectivity index (χ0v) is 23.8. The predicted octanol–water partition coefficient (Wildman–Crippen LogP) is 3.11. The van der Waals surface area contributed by atoms with Crippen molar-refractivity contribution in [2.24, 2.45) is 0 Å². The van der Waals surface area contributed by atoms with E-state index in [9.17, 15) is 34.8 Å². The van der Waals surface area contributed by atoms with Gasteiger partial charge in [0.2, 0.25) is 26.0 Å². The lowest BCUT2D eigenvalue weighted by Crippen LogP contribution is -2.43. The minimum Gasteiger partial charge on any atom is -0.378 e. The molecule has 2 atom stereocenters. The molecule has 1 N–H and O–H groups in total. The standard InChI is InChI=1S/C27H32F3N3O6S2/c1-2-40(35,36)31-19-23-4-3-13-33(23)41(37,38)24-11-7-21(8-12-24)25(26(34)32-14-16-39-17-15-32)18-20-5-9-22(10-6-20)27(28,29)30/h2,5-12,23,25,31H,1,3-4,13-19H2. The van der Waals surface area contributed by atoms with Gasteiger partial charge in [-0.2, -0.15) is 17.5 Å². The van der Waals surface area contributed by atoms with Gasteiger partial charge < -0.3 is 9.64 Å². The summed E-state index contributed by atoms with van der Waals surface area (Å²) >= 11 is 0. The highest BCUT2D eigenvalue weighted by atomic mass is 32.2. The van der Waals surface area contributed by atoms with Crippen LogP contribution >= 0.6 is 0 Å². The van der Waals surface area contributed by atoms with E-state index in [1.54, 1.807) is 17.0 Å². The molecule has 224 valence electrons. The SMILES string of the molecule is C=CS(=O)(=O)NCC1CCCN1S(=O)(=O)c1ccc(C(Cc2ccc(C(F)(F)F)cc2)C(=O)N2CCOCC2)cc1. The molecule has 2 heterocycles. The number of nitrogens with one attached hydrogen (secondary N) is 1. The Kier molecular flexibility index (Phi) is 9.59. The summed E-state index contributed by atoms with van der Waals surface area (Å²) in [5, 5.41) is 0.763. The average Bonchev–Trinajstić information content (AvgIpc) is 3.45. The molecule has 0 radical (unpaired) electrons. The van der Waals surface area contributed by atoms with Crippen molar-refractivity contribution < 1.29 is 39.5 Å². The summed E-state index contributed by atoms with van der Waals surface area (Å²) in [6, 6.07) is 9.97. The highest BCUT2D eigenvalue weighted by molar-refractivity contribution is 7.92. The van der Waals surface area contributed by atoms with Crippen LogP contribution in [0.15, 0.2) is 65.4 Å². The minimum atomic E-state index is -4.48. The van der Waals surface area contributed by atoms with Crippen LogP contribution in [0.25, 0.3) is 0 Å². The van der Waals surface area contributed by atoms with E-state index in [0.717, 1.165) is 17.5 Å². The quantitative estimate of drug-likeness (QED) is 0.440. The summed E-state index contributed by atoms with van der Waals surface area (Å²) in [5.41, 5.74) is 0.268. The van der Waals surface area contributed by atoms with Crippen LogP contribution in [0.1, 0.15) is 35.4 Å². The molecule has 1 amide bonds. The van der Waals surface area contributed by atoms with Crippen LogP contribution in [-0.4, -0.2) is 77.4 Å². The van der Waals surface area contributed by atoms with Crippen molar-refractivity contribution in [3.63, 3.8) is 0 Å². The van der Waals surface area contributed by atoms with Crippen LogP contribution in [0.5, 0.6) is 0 Å². The summed E-state index contributed by atoms with van der Waals surface area (Å²) in [5.74, 6) is -0.979. The van der Waals surface area contributed by atoms with Gasteiger partial charge in [0.15, 0.2) is 0 Å². The van der Waals surface area contributed by atoms with E-state index in [2.05, 4.69) is 11.3 Å². The molecule has 2 aliphatic rings. The molecule has 4 rings (SSSR count). The fourth-order valence-corrected chi connectivity index (χ4v) is 7.26. The Morgan fingerprint density at radius 3 is 2.24 bits per heavy atom. The van der Waals surface area contributed by atoms with Gasteiger partial charge in [-0.15, -0.1) is 0 Å². The molecule has 2 aromatic rings. The number of hydrogen-bond donors (Lipinski definition) is 1. The number of halogens is 3. The third kappa shape index (κ3) is 7.55. The van der Waals surface area contributed by atoms with Gasteiger partial charge in [0, 0.05) is 37.6 Å². The Balaban J connectivity index is 1.57. The maximum Gasteiger partial charge on any atom is 0.416 e. The Morgan fingerprint density at radius 1 is 1.02 bits per heavy atom. The number of amides is 1. The normalized spacial score (nSPS) is 19.7. The van der Waals surface area contributed by atoms with Crippen LogP contribution in [-0.2, 0) is 42.2 Å². The number of benzene rings is 2. The topological polar surface area (TPSA) is 113 Å². The van der Waals surface area contributed by atoms with Gasteiger partial charge in [-0.05, 0) is 54.7 Å². The predicted molar refractivity (Wildman–Crippen MR) is 146 cm³/mol. The Labute approximate surface area is 238 Å². The molecule has 14 heteroatoms. The smallest absolute Gasteiger partial charge is 0.378 e. The van der Waals surface area contributed by atoms with Crippen LogP contribution in [0.2, 0.25) is 0 Å². The van der Waals surface area contributed by atoms with Crippen molar-refractivity contribution in [2.45, 2.75) is 42.3 Å². The van der Waals surface area contributed by atoms with Gasteiger partial charge in [0.1, 0.15) is 0 Å². The van der Waals surface area contributed by atoms with Gasteiger partial charge in [0.25, 0.3) is 0 Å². The van der Waals surface area contributed by atoms with Gasteiger partial charge >= 0.3 is 6.18 Å². The molecule has 2 aromatic carbocycles. The third-order valence-corrected chi connectivity index (χ3v) is 10.3. The maximum absolute atomic E-state index is 13.5. The van der Waals surface area contributed by atoms with Crippen molar-refractivity contribution in [3.8, 4) is 0 Å². The van der Waals surface area contributed by atoms with Crippen molar-refractivity contribution in [3.05, 3.63) is 77.2 Å². The first-order valence-electron chi connectivity index (χ1n) is 13.1. The van der Waals surface area contributed by atoms with Gasteiger partial charge in [0.05, 0.1) is 29.6 Å². The van der Waals surface area contributed by atoms with Crippen LogP contribution < -0.4 is 4.72 Å². The number of sulfonamides is 2. The number of morpholine rings is 1. The summed E-state index contributed by atoms with van der Waals surface area (Å²) < 4.78 is 98.5. The number of carbonyl (C=O) groups excluding carboxylic acids is 1. The van der Waals surface area contributed by atoms with E-state index in [4.69, 9.17) is 4.74 Å². The molecular formula is C27H32F3N3O6S2. The summed E-state index contributed by atoms with van der Waals surface area (Å²) in [6.07, 6.45) is -3.30. The van der Waals surface area contributed by atoms with E-state index in [-0.39, 0.29) is 30.3 Å². The second kappa shape index (κ2) is 12.6. The molecule has 9 nitrogen and oxygen atoms in total. The first kappa shape index (κ1) is 31.2. The lowest BCUT2D eigenvalue weighted by molar-refractivity contribution is -0.138. The van der Waals surface area contributed by atoms with E-state index in [0.29, 0.717) is 50.3 Å². The van der Waals surface area contributed by atoms with E-state index in [1.807, 2.05) is 0 Å². The third-order valence-electron chi connectivity index (χ3n) is 7.29. The first-order chi connectivity index (χ1) is 19.3. The number of nitrogens with zero attached hydrogens (tertiary/aromatic N) is 2. The lowest BCUT2D eigenvalue weighted by Gasteiger charge is -2.31. The minimum absolute atomic E-state index is 0.00757. The highest BCUT2D eigenvalue weighted by Crippen LogP contribution is 2.32. The lowest BCUT2D eigenvalue weighted by atomic mass is 9.90. The van der Waals surface area contributed by atoms with Crippen molar-refractivity contribution >= 4 is 26.0 Å². The maximum atomic E-state index is 13.5. The molecule has 0 bridgehead atoms. The summed E-state index contributed by atoms with van der Waals surface area (Å²) in [4.78, 5) is 15.2. The molecular weight excluding hydrogens is 583 g/mol. The Hall–Kier alpha value is -2.78. The van der Waals surface area contributed by atoms with E-state index < -0.39 is 43.7 Å². The van der Waals surface area contributed by atoms with Crippen molar-refractivity contribution in [1.29, 1.82) is 0 Å². The Morgan fingerprint density at radius 2 is 1.66 bits per heavy atom. The molecule has 2 fully saturated rings. The Bertz CT molecular complexity index is 1440. The zero-order chi connectivity index (χ0) is 29.8. The molecule has 0 spiro atoms. The van der Waals surface area contributed by atoms with Crippen LogP contribution in [0.3, 0.4) is 0 Å². The second-order valence-electron chi connectivity index (χ2n) is 9.93. The average molecular weight is 616 g/mol. The largest absolute Gasteiger partial charge is 0.416 e. The fourth-order valence-electron chi connectivity index (χ4n) is 5.03. The van der Waals surface area contributed by atoms with Crippen LogP contribution in [0.4, 0.5) is 13.2 Å². The number of ether oxygens (including phenoxy) is 1. The second-order valence-corrected chi connectivity index (χ2v) is 13.5. The van der Waals surface area contributed by atoms with Gasteiger partial charge in [-0.3, -0.25) is 4.79 Å². The fraction of sp³-hybridized carbons (Fsp3) is 0.444. The first-order valence-corrected chi connectivity index (χ1v) is 16.1. The molecule has 0 aliphatic carbocycles. The number of carbonyl (C=O) groups is 1. The molecule has 2 saturated heterocycles. The molecule has 2 aliphatic heterocycles. The van der Waals surface area contributed by atoms with Gasteiger partial charge in [-0.1, -0.05) is 30.8 Å². The highest BCUT2D eigenvalue weighted by Gasteiger charge is 2.36. The van der Waals surface area contributed by atoms with Gasteiger partial charge in [-0.25, -0.2) is 21.6 Å². The number of alkyl halides is 3. The summed E-state index contributed by atoms with van der Waals surface area (Å²) in [7, 11) is -7.68. The van der Waals surface area contributed by atoms with Crippen molar-refractivity contribution in [1.82, 2.24) is 13.9 Å². The molecule has 2 unspecified atom stereocenters.